The number of fused-ring (bicyclic) bond motifs is 1. The normalized spacial score (nSPS) is 17.1. The highest BCUT2D eigenvalue weighted by Gasteiger charge is 2.34. The number of hydrogen-bond donors (Lipinski definition) is 1. The second-order valence-corrected chi connectivity index (χ2v) is 8.14. The van der Waals surface area contributed by atoms with Crippen molar-refractivity contribution in [3.63, 3.8) is 0 Å². The summed E-state index contributed by atoms with van der Waals surface area (Å²) >= 11 is 0. The molecule has 2 aromatic rings. The number of hydrogen-bond acceptors (Lipinski definition) is 5. The largest absolute Gasteiger partial charge is 0.452 e. The molecule has 2 heterocycles. The smallest absolute Gasteiger partial charge is 0.309 e. The van der Waals surface area contributed by atoms with Crippen molar-refractivity contribution in [1.82, 2.24) is 4.90 Å². The van der Waals surface area contributed by atoms with Gasteiger partial charge in [-0.05, 0) is 56.2 Å². The van der Waals surface area contributed by atoms with Gasteiger partial charge in [0.1, 0.15) is 12.4 Å². The lowest BCUT2D eigenvalue weighted by atomic mass is 9.96. The topological polar surface area (TPSA) is 96.0 Å². The molecule has 1 fully saturated rings. The summed E-state index contributed by atoms with van der Waals surface area (Å²) in [4.78, 5) is 53.1. The van der Waals surface area contributed by atoms with E-state index in [1.54, 1.807) is 29.2 Å². The number of benzene rings is 2. The third-order valence-electron chi connectivity index (χ3n) is 5.88. The Bertz CT molecular complexity index is 1080. The van der Waals surface area contributed by atoms with E-state index in [2.05, 4.69) is 5.32 Å². The molecule has 2 aliphatic heterocycles. The maximum atomic E-state index is 13.1. The van der Waals surface area contributed by atoms with E-state index in [0.717, 1.165) is 0 Å². The number of rotatable bonds is 4. The fourth-order valence-electron chi connectivity index (χ4n) is 4.06. The maximum absolute atomic E-state index is 13.1. The summed E-state index contributed by atoms with van der Waals surface area (Å²) in [6.45, 7) is 2.06. The second-order valence-electron chi connectivity index (χ2n) is 8.14. The molecular weight excluding hydrogens is 429 g/mol. The van der Waals surface area contributed by atoms with E-state index in [9.17, 15) is 23.6 Å². The molecule has 2 aliphatic rings. The molecular formula is C24H24FN3O5. The van der Waals surface area contributed by atoms with Gasteiger partial charge in [-0.25, -0.2) is 4.39 Å². The molecule has 0 unspecified atom stereocenters. The molecule has 3 amide bonds. The van der Waals surface area contributed by atoms with Crippen molar-refractivity contribution in [1.29, 1.82) is 0 Å². The maximum Gasteiger partial charge on any atom is 0.309 e. The van der Waals surface area contributed by atoms with Gasteiger partial charge >= 0.3 is 5.97 Å². The van der Waals surface area contributed by atoms with Crippen molar-refractivity contribution in [2.45, 2.75) is 25.9 Å². The third kappa shape index (κ3) is 4.87. The Morgan fingerprint density at radius 1 is 1.06 bits per heavy atom. The number of amides is 3. The Morgan fingerprint density at radius 3 is 2.42 bits per heavy atom. The zero-order chi connectivity index (χ0) is 23.5. The van der Waals surface area contributed by atoms with E-state index < -0.39 is 29.7 Å². The van der Waals surface area contributed by atoms with E-state index in [-0.39, 0.29) is 18.4 Å². The zero-order valence-electron chi connectivity index (χ0n) is 18.1. The van der Waals surface area contributed by atoms with Gasteiger partial charge in [-0.1, -0.05) is 12.1 Å². The number of carbonyl (C=O) groups is 4. The van der Waals surface area contributed by atoms with Gasteiger partial charge in [0.25, 0.3) is 11.8 Å². The predicted octanol–water partition coefficient (Wildman–Crippen LogP) is 2.59. The summed E-state index contributed by atoms with van der Waals surface area (Å²) in [5, 5.41) is 2.71. The van der Waals surface area contributed by atoms with Crippen molar-refractivity contribution < 1.29 is 28.3 Å². The first-order valence-corrected chi connectivity index (χ1v) is 10.8. The van der Waals surface area contributed by atoms with Crippen molar-refractivity contribution in [2.24, 2.45) is 5.92 Å². The van der Waals surface area contributed by atoms with Gasteiger partial charge in [-0.3, -0.25) is 24.1 Å². The van der Waals surface area contributed by atoms with E-state index in [1.807, 2.05) is 0 Å². The van der Waals surface area contributed by atoms with Crippen LogP contribution in [-0.4, -0.2) is 54.3 Å². The molecule has 172 valence electrons. The van der Waals surface area contributed by atoms with Crippen LogP contribution in [0.25, 0.3) is 0 Å². The average Bonchev–Trinajstić information content (AvgIpc) is 2.83. The summed E-state index contributed by atoms with van der Waals surface area (Å²) in [5.74, 6) is -2.36. The van der Waals surface area contributed by atoms with Gasteiger partial charge in [0, 0.05) is 18.7 Å². The minimum atomic E-state index is -1.06. The number of piperidine rings is 1. The third-order valence-corrected chi connectivity index (χ3v) is 5.88. The molecule has 1 N–H and O–H groups in total. The Morgan fingerprint density at radius 2 is 1.73 bits per heavy atom. The molecule has 0 aromatic heterocycles. The molecule has 33 heavy (non-hydrogen) atoms. The number of halogens is 1. The molecule has 2 aromatic carbocycles. The minimum Gasteiger partial charge on any atom is -0.452 e. The number of anilines is 2. The molecule has 1 atom stereocenters. The van der Waals surface area contributed by atoms with Crippen molar-refractivity contribution in [2.75, 3.05) is 29.9 Å². The SMILES string of the molecule is C[C@H](OC(=O)C1CCN(C(=O)c2ccc(F)cc2)CC1)C(=O)N1CC(=O)Nc2ccccc21. The Hall–Kier alpha value is -3.75. The lowest BCUT2D eigenvalue weighted by Gasteiger charge is -2.33. The van der Waals surface area contributed by atoms with Gasteiger partial charge in [-0.2, -0.15) is 0 Å². The standard InChI is InChI=1S/C24H24FN3O5/c1-15(22(30)28-14-21(29)26-19-4-2-3-5-20(19)28)33-24(32)17-10-12-27(13-11-17)23(31)16-6-8-18(25)9-7-16/h2-9,15,17H,10-14H2,1H3,(H,26,29)/t15-/m0/s1. The number of para-hydroxylation sites is 2. The second kappa shape index (κ2) is 9.40. The van der Waals surface area contributed by atoms with Crippen LogP contribution in [0.5, 0.6) is 0 Å². The van der Waals surface area contributed by atoms with Crippen LogP contribution in [0.2, 0.25) is 0 Å². The van der Waals surface area contributed by atoms with Crippen molar-refractivity contribution in [3.05, 3.63) is 59.9 Å². The van der Waals surface area contributed by atoms with Gasteiger partial charge in [0.15, 0.2) is 6.10 Å². The summed E-state index contributed by atoms with van der Waals surface area (Å²) < 4.78 is 18.5. The Kier molecular flexibility index (Phi) is 6.39. The first-order valence-electron chi connectivity index (χ1n) is 10.8. The number of esters is 1. The molecule has 0 spiro atoms. The zero-order valence-corrected chi connectivity index (χ0v) is 18.1. The predicted molar refractivity (Wildman–Crippen MR) is 118 cm³/mol. The monoisotopic (exact) mass is 453 g/mol. The molecule has 4 rings (SSSR count). The average molecular weight is 453 g/mol. The fourth-order valence-corrected chi connectivity index (χ4v) is 4.06. The van der Waals surface area contributed by atoms with Crippen LogP contribution in [0.15, 0.2) is 48.5 Å². The molecule has 0 saturated carbocycles. The number of likely N-dealkylation sites (tertiary alicyclic amines) is 1. The Balaban J connectivity index is 1.33. The van der Waals surface area contributed by atoms with E-state index >= 15 is 0 Å². The van der Waals surface area contributed by atoms with Gasteiger partial charge in [-0.15, -0.1) is 0 Å². The molecule has 9 heteroatoms. The van der Waals surface area contributed by atoms with Gasteiger partial charge in [0.05, 0.1) is 17.3 Å². The quantitative estimate of drug-likeness (QED) is 0.718. The molecule has 0 aliphatic carbocycles. The highest BCUT2D eigenvalue weighted by Crippen LogP contribution is 2.30. The van der Waals surface area contributed by atoms with E-state index in [1.165, 1.54) is 36.1 Å². The molecule has 0 radical (unpaired) electrons. The first-order chi connectivity index (χ1) is 15.8. The van der Waals surface area contributed by atoms with Crippen molar-refractivity contribution in [3.8, 4) is 0 Å². The molecule has 1 saturated heterocycles. The van der Waals surface area contributed by atoms with Crippen LogP contribution in [0, 0.1) is 11.7 Å². The van der Waals surface area contributed by atoms with Crippen LogP contribution in [0.1, 0.15) is 30.1 Å². The molecule has 0 bridgehead atoms. The minimum absolute atomic E-state index is 0.151. The van der Waals surface area contributed by atoms with Gasteiger partial charge < -0.3 is 15.0 Å². The summed E-state index contributed by atoms with van der Waals surface area (Å²) in [7, 11) is 0. The van der Waals surface area contributed by atoms with Gasteiger partial charge in [0.2, 0.25) is 5.91 Å². The van der Waals surface area contributed by atoms with Crippen LogP contribution in [-0.2, 0) is 19.1 Å². The summed E-state index contributed by atoms with van der Waals surface area (Å²) in [6, 6.07) is 12.3. The highest BCUT2D eigenvalue weighted by atomic mass is 19.1. The van der Waals surface area contributed by atoms with Crippen LogP contribution in [0.4, 0.5) is 15.8 Å². The first kappa shape index (κ1) is 22.4. The van der Waals surface area contributed by atoms with Crippen LogP contribution < -0.4 is 10.2 Å². The fraction of sp³-hybridized carbons (Fsp3) is 0.333. The van der Waals surface area contributed by atoms with Crippen LogP contribution in [0.3, 0.4) is 0 Å². The van der Waals surface area contributed by atoms with Crippen molar-refractivity contribution >= 4 is 35.1 Å². The molecule has 8 nitrogen and oxygen atoms in total. The number of ether oxygens (including phenoxy) is 1. The Labute approximate surface area is 190 Å². The van der Waals surface area contributed by atoms with Crippen LogP contribution >= 0.6 is 0 Å². The highest BCUT2D eigenvalue weighted by molar-refractivity contribution is 6.11. The number of nitrogens with zero attached hydrogens (tertiary/aromatic N) is 2. The number of nitrogens with one attached hydrogen (secondary N) is 1. The summed E-state index contributed by atoms with van der Waals surface area (Å²) in [5.41, 5.74) is 1.47. The number of carbonyl (C=O) groups excluding carboxylic acids is 4. The lowest BCUT2D eigenvalue weighted by molar-refractivity contribution is -0.159. The van der Waals surface area contributed by atoms with E-state index in [4.69, 9.17) is 4.74 Å². The van der Waals surface area contributed by atoms with E-state index in [0.29, 0.717) is 42.9 Å². The summed E-state index contributed by atoms with van der Waals surface area (Å²) in [6.07, 6.45) is -0.251. The lowest BCUT2D eigenvalue weighted by Crippen LogP contribution is -2.47.